The zero-order valence-electron chi connectivity index (χ0n) is 9.96. The molecule has 94 valence electrons. The first-order chi connectivity index (χ1) is 9.31. The van der Waals surface area contributed by atoms with Gasteiger partial charge in [0.25, 0.3) is 11.4 Å². The van der Waals surface area contributed by atoms with Crippen molar-refractivity contribution in [3.05, 3.63) is 40.4 Å². The molecule has 0 amide bonds. The molecule has 1 saturated carbocycles. The van der Waals surface area contributed by atoms with Gasteiger partial charge < -0.3 is 9.51 Å². The number of para-hydroxylation sites is 2. The van der Waals surface area contributed by atoms with E-state index in [9.17, 15) is 4.79 Å². The van der Waals surface area contributed by atoms with Gasteiger partial charge in [-0.15, -0.1) is 0 Å². The van der Waals surface area contributed by atoms with E-state index in [4.69, 9.17) is 4.52 Å². The highest BCUT2D eigenvalue weighted by atomic mass is 16.5. The Morgan fingerprint density at radius 3 is 2.89 bits per heavy atom. The molecule has 3 aromatic rings. The van der Waals surface area contributed by atoms with Crippen LogP contribution in [0.25, 0.3) is 22.6 Å². The maximum atomic E-state index is 12.0. The van der Waals surface area contributed by atoms with Crippen molar-refractivity contribution < 1.29 is 4.52 Å². The third kappa shape index (κ3) is 1.72. The second-order valence-electron chi connectivity index (χ2n) is 4.66. The van der Waals surface area contributed by atoms with Crippen LogP contribution in [0.3, 0.4) is 0 Å². The SMILES string of the molecule is O=c1[nH]c2ccccc2nc1-c1nc(C2CC2)no1. The van der Waals surface area contributed by atoms with Gasteiger partial charge in [-0.05, 0) is 25.0 Å². The molecule has 1 aliphatic rings. The van der Waals surface area contributed by atoms with Gasteiger partial charge in [-0.3, -0.25) is 4.79 Å². The Balaban J connectivity index is 1.88. The van der Waals surface area contributed by atoms with Crippen LogP contribution in [0.15, 0.2) is 33.6 Å². The Hall–Kier alpha value is -2.50. The summed E-state index contributed by atoms with van der Waals surface area (Å²) in [6.07, 6.45) is 2.17. The summed E-state index contributed by atoms with van der Waals surface area (Å²) in [5.74, 6) is 1.25. The fourth-order valence-electron chi connectivity index (χ4n) is 2.01. The standard InChI is InChI=1S/C13H10N4O2/c18-12-10(13-16-11(17-19-13)7-5-6-7)14-8-3-1-2-4-9(8)15-12/h1-4,7H,5-6H2,(H,15,18). The summed E-state index contributed by atoms with van der Waals surface area (Å²) in [5, 5.41) is 3.90. The molecule has 1 aliphatic carbocycles. The summed E-state index contributed by atoms with van der Waals surface area (Å²) in [4.78, 5) is 23.3. The average molecular weight is 254 g/mol. The Labute approximate surface area is 107 Å². The number of benzene rings is 1. The summed E-state index contributed by atoms with van der Waals surface area (Å²) in [6.45, 7) is 0. The minimum atomic E-state index is -0.315. The zero-order chi connectivity index (χ0) is 12.8. The topological polar surface area (TPSA) is 84.7 Å². The van der Waals surface area contributed by atoms with Crippen molar-refractivity contribution in [2.45, 2.75) is 18.8 Å². The molecule has 1 N–H and O–H groups in total. The van der Waals surface area contributed by atoms with Crippen molar-refractivity contribution in [1.82, 2.24) is 20.1 Å². The van der Waals surface area contributed by atoms with Crippen LogP contribution >= 0.6 is 0 Å². The molecular weight excluding hydrogens is 244 g/mol. The Bertz CT molecular complexity index is 817. The van der Waals surface area contributed by atoms with E-state index < -0.39 is 0 Å². The van der Waals surface area contributed by atoms with Crippen LogP contribution in [0.5, 0.6) is 0 Å². The third-order valence-electron chi connectivity index (χ3n) is 3.19. The average Bonchev–Trinajstić information content (AvgIpc) is 3.16. The zero-order valence-corrected chi connectivity index (χ0v) is 9.96. The summed E-state index contributed by atoms with van der Waals surface area (Å²) in [5.41, 5.74) is 1.25. The van der Waals surface area contributed by atoms with E-state index in [0.717, 1.165) is 12.8 Å². The van der Waals surface area contributed by atoms with Gasteiger partial charge in [-0.2, -0.15) is 4.98 Å². The molecular formula is C13H10N4O2. The number of rotatable bonds is 2. The van der Waals surface area contributed by atoms with Gasteiger partial charge in [-0.1, -0.05) is 17.3 Å². The molecule has 0 atom stereocenters. The van der Waals surface area contributed by atoms with Gasteiger partial charge in [-0.25, -0.2) is 4.98 Å². The largest absolute Gasteiger partial charge is 0.332 e. The molecule has 0 spiro atoms. The number of H-pyrrole nitrogens is 1. The second kappa shape index (κ2) is 3.74. The highest BCUT2D eigenvalue weighted by molar-refractivity contribution is 5.75. The summed E-state index contributed by atoms with van der Waals surface area (Å²) in [6, 6.07) is 7.34. The van der Waals surface area contributed by atoms with Gasteiger partial charge in [0.1, 0.15) is 0 Å². The van der Waals surface area contributed by atoms with E-state index >= 15 is 0 Å². The molecule has 4 rings (SSSR count). The van der Waals surface area contributed by atoms with Crippen molar-refractivity contribution >= 4 is 11.0 Å². The second-order valence-corrected chi connectivity index (χ2v) is 4.66. The van der Waals surface area contributed by atoms with Crippen molar-refractivity contribution in [3.8, 4) is 11.6 Å². The van der Waals surface area contributed by atoms with Crippen LogP contribution in [0.4, 0.5) is 0 Å². The van der Waals surface area contributed by atoms with Gasteiger partial charge in [0.2, 0.25) is 0 Å². The fourth-order valence-corrected chi connectivity index (χ4v) is 2.01. The van der Waals surface area contributed by atoms with E-state index in [0.29, 0.717) is 22.8 Å². The van der Waals surface area contributed by atoms with Crippen LogP contribution in [0.2, 0.25) is 0 Å². The Morgan fingerprint density at radius 2 is 2.05 bits per heavy atom. The van der Waals surface area contributed by atoms with E-state index in [-0.39, 0.29) is 17.1 Å². The lowest BCUT2D eigenvalue weighted by molar-refractivity contribution is 0.421. The smallest absolute Gasteiger partial charge is 0.282 e. The minimum Gasteiger partial charge on any atom is -0.332 e. The van der Waals surface area contributed by atoms with Gasteiger partial charge >= 0.3 is 0 Å². The highest BCUT2D eigenvalue weighted by Crippen LogP contribution is 2.38. The first-order valence-electron chi connectivity index (χ1n) is 6.14. The lowest BCUT2D eigenvalue weighted by atomic mass is 10.3. The number of nitrogens with one attached hydrogen (secondary N) is 1. The molecule has 2 aromatic heterocycles. The normalized spacial score (nSPS) is 14.9. The van der Waals surface area contributed by atoms with Crippen molar-refractivity contribution in [1.29, 1.82) is 0 Å². The molecule has 0 saturated heterocycles. The molecule has 19 heavy (non-hydrogen) atoms. The number of aromatic amines is 1. The first kappa shape index (κ1) is 10.4. The van der Waals surface area contributed by atoms with Crippen LogP contribution in [-0.2, 0) is 0 Å². The highest BCUT2D eigenvalue weighted by Gasteiger charge is 2.29. The van der Waals surface area contributed by atoms with Gasteiger partial charge in [0.15, 0.2) is 11.5 Å². The van der Waals surface area contributed by atoms with Crippen LogP contribution < -0.4 is 5.56 Å². The van der Waals surface area contributed by atoms with E-state index in [1.807, 2.05) is 18.2 Å². The molecule has 1 aromatic carbocycles. The van der Waals surface area contributed by atoms with Gasteiger partial charge in [0.05, 0.1) is 11.0 Å². The van der Waals surface area contributed by atoms with E-state index in [2.05, 4.69) is 20.1 Å². The number of fused-ring (bicyclic) bond motifs is 1. The molecule has 2 heterocycles. The predicted molar refractivity (Wildman–Crippen MR) is 67.6 cm³/mol. The predicted octanol–water partition coefficient (Wildman–Crippen LogP) is 1.85. The van der Waals surface area contributed by atoms with Gasteiger partial charge in [0, 0.05) is 5.92 Å². The fraction of sp³-hybridized carbons (Fsp3) is 0.231. The third-order valence-corrected chi connectivity index (χ3v) is 3.19. The van der Waals surface area contributed by atoms with Crippen LogP contribution in [-0.4, -0.2) is 20.1 Å². The lowest BCUT2D eigenvalue weighted by Gasteiger charge is -1.97. The maximum Gasteiger partial charge on any atom is 0.282 e. The Morgan fingerprint density at radius 1 is 1.21 bits per heavy atom. The van der Waals surface area contributed by atoms with Crippen LogP contribution in [0.1, 0.15) is 24.6 Å². The molecule has 6 heteroatoms. The number of hydrogen-bond acceptors (Lipinski definition) is 5. The van der Waals surface area contributed by atoms with E-state index in [1.165, 1.54) is 0 Å². The molecule has 6 nitrogen and oxygen atoms in total. The lowest BCUT2D eigenvalue weighted by Crippen LogP contribution is -2.11. The molecule has 0 unspecified atom stereocenters. The molecule has 0 bridgehead atoms. The minimum absolute atomic E-state index is 0.179. The van der Waals surface area contributed by atoms with Crippen molar-refractivity contribution in [2.24, 2.45) is 0 Å². The Kier molecular flexibility index (Phi) is 2.05. The molecule has 1 fully saturated rings. The number of aromatic nitrogens is 4. The summed E-state index contributed by atoms with van der Waals surface area (Å²) < 4.78 is 5.14. The molecule has 0 aliphatic heterocycles. The number of nitrogens with zero attached hydrogens (tertiary/aromatic N) is 3. The number of hydrogen-bond donors (Lipinski definition) is 1. The van der Waals surface area contributed by atoms with E-state index in [1.54, 1.807) is 6.07 Å². The first-order valence-corrected chi connectivity index (χ1v) is 6.14. The quantitative estimate of drug-likeness (QED) is 0.754. The van der Waals surface area contributed by atoms with Crippen molar-refractivity contribution in [3.63, 3.8) is 0 Å². The molecule has 0 radical (unpaired) electrons. The van der Waals surface area contributed by atoms with Crippen molar-refractivity contribution in [2.75, 3.05) is 0 Å². The summed E-state index contributed by atoms with van der Waals surface area (Å²) >= 11 is 0. The maximum absolute atomic E-state index is 12.0. The summed E-state index contributed by atoms with van der Waals surface area (Å²) in [7, 11) is 0. The monoisotopic (exact) mass is 254 g/mol. The van der Waals surface area contributed by atoms with Crippen LogP contribution in [0, 0.1) is 0 Å².